The van der Waals surface area contributed by atoms with Gasteiger partial charge in [0.2, 0.25) is 0 Å². The summed E-state index contributed by atoms with van der Waals surface area (Å²) in [6.45, 7) is 5.21. The Bertz CT molecular complexity index is 618. The fraction of sp³-hybridized carbons (Fsp3) is 0.647. The van der Waals surface area contributed by atoms with Crippen LogP contribution in [0, 0.1) is 17.3 Å². The zero-order chi connectivity index (χ0) is 15.9. The van der Waals surface area contributed by atoms with Crippen molar-refractivity contribution in [1.82, 2.24) is 9.78 Å². The number of aromatic nitrogens is 2. The number of carbonyl (C=O) groups excluding carboxylic acids is 1. The van der Waals surface area contributed by atoms with Crippen LogP contribution in [0.4, 0.5) is 0 Å². The highest BCUT2D eigenvalue weighted by Gasteiger charge is 2.50. The van der Waals surface area contributed by atoms with E-state index in [-0.39, 0.29) is 12.4 Å². The molecule has 2 bridgehead atoms. The average molecular weight is 367 g/mol. The number of hydrogen-bond donors (Lipinski definition) is 0. The van der Waals surface area contributed by atoms with Crippen LogP contribution in [0.1, 0.15) is 38.8 Å². The van der Waals surface area contributed by atoms with Crippen molar-refractivity contribution in [3.05, 3.63) is 28.0 Å². The molecule has 0 N–H and O–H groups in total. The van der Waals surface area contributed by atoms with Crippen LogP contribution in [0.5, 0.6) is 0 Å². The van der Waals surface area contributed by atoms with E-state index in [1.165, 1.54) is 18.4 Å². The maximum absolute atomic E-state index is 11.9. The fourth-order valence-electron chi connectivity index (χ4n) is 3.85. The van der Waals surface area contributed by atoms with Gasteiger partial charge >= 0.3 is 5.97 Å². The molecule has 2 atom stereocenters. The number of fused-ring (bicyclic) bond motifs is 1. The Labute approximate surface area is 140 Å². The Kier molecular flexibility index (Phi) is 4.19. The van der Waals surface area contributed by atoms with E-state index in [1.807, 2.05) is 13.2 Å². The van der Waals surface area contributed by atoms with Crippen LogP contribution < -0.4 is 0 Å². The molecule has 3 aliphatic carbocycles. The van der Waals surface area contributed by atoms with Gasteiger partial charge < -0.3 is 4.74 Å². The Morgan fingerprint density at radius 3 is 2.91 bits per heavy atom. The predicted octanol–water partition coefficient (Wildman–Crippen LogP) is 3.65. The number of carbonyl (C=O) groups is 1. The highest BCUT2D eigenvalue weighted by atomic mass is 79.9. The SMILES string of the molecule is Cn1cc(Br)c(CC(=O)OCCC2=CC[C@H]3C[C@@H]2C3(C)C)n1. The quantitative estimate of drug-likeness (QED) is 0.590. The molecule has 0 unspecified atom stereocenters. The summed E-state index contributed by atoms with van der Waals surface area (Å²) in [6, 6.07) is 0. The van der Waals surface area contributed by atoms with E-state index in [0.29, 0.717) is 17.9 Å². The largest absolute Gasteiger partial charge is 0.465 e. The van der Waals surface area contributed by atoms with Gasteiger partial charge in [-0.25, -0.2) is 0 Å². The van der Waals surface area contributed by atoms with Gasteiger partial charge in [0, 0.05) is 19.7 Å². The normalized spacial score (nSPS) is 25.4. The predicted molar refractivity (Wildman–Crippen MR) is 88.3 cm³/mol. The van der Waals surface area contributed by atoms with Gasteiger partial charge in [-0.05, 0) is 46.0 Å². The zero-order valence-corrected chi connectivity index (χ0v) is 15.0. The van der Waals surface area contributed by atoms with Crippen LogP contribution in [0.15, 0.2) is 22.3 Å². The van der Waals surface area contributed by atoms with Crippen molar-refractivity contribution in [1.29, 1.82) is 0 Å². The first kappa shape index (κ1) is 15.8. The van der Waals surface area contributed by atoms with Crippen LogP contribution in [-0.2, 0) is 23.0 Å². The fourth-order valence-corrected chi connectivity index (χ4v) is 4.37. The lowest BCUT2D eigenvalue weighted by molar-refractivity contribution is -0.142. The van der Waals surface area contributed by atoms with Crippen molar-refractivity contribution in [3.63, 3.8) is 0 Å². The summed E-state index contributed by atoms with van der Waals surface area (Å²) in [4.78, 5) is 11.9. The third-order valence-electron chi connectivity index (χ3n) is 5.40. The Balaban J connectivity index is 1.46. The number of esters is 1. The van der Waals surface area contributed by atoms with Gasteiger partial charge in [-0.15, -0.1) is 0 Å². The number of allylic oxidation sites excluding steroid dienone is 1. The standard InChI is InChI=1S/C17H23BrN2O2/c1-17(2)12-5-4-11(13(17)8-12)6-7-22-16(21)9-15-14(18)10-20(3)19-15/h4,10,12-13H,5-9H2,1-3H3/t12-,13-/m0/s1. The van der Waals surface area contributed by atoms with Crippen molar-refractivity contribution in [2.75, 3.05) is 6.61 Å². The van der Waals surface area contributed by atoms with Crippen LogP contribution >= 0.6 is 15.9 Å². The molecule has 0 radical (unpaired) electrons. The van der Waals surface area contributed by atoms with Crippen LogP contribution in [0.25, 0.3) is 0 Å². The summed E-state index contributed by atoms with van der Waals surface area (Å²) >= 11 is 3.40. The maximum atomic E-state index is 11.9. The Hall–Kier alpha value is -1.10. The minimum Gasteiger partial charge on any atom is -0.465 e. The third kappa shape index (κ3) is 2.87. The molecule has 1 fully saturated rings. The minimum atomic E-state index is -0.207. The van der Waals surface area contributed by atoms with Gasteiger partial charge in [-0.2, -0.15) is 5.10 Å². The molecule has 1 saturated carbocycles. The molecule has 0 aromatic carbocycles. The molecule has 0 saturated heterocycles. The first-order chi connectivity index (χ1) is 10.4. The summed E-state index contributed by atoms with van der Waals surface area (Å²) in [5.74, 6) is 1.33. The van der Waals surface area contributed by atoms with E-state index in [1.54, 1.807) is 4.68 Å². The number of hydrogen-bond acceptors (Lipinski definition) is 3. The summed E-state index contributed by atoms with van der Waals surface area (Å²) in [6.07, 6.45) is 7.80. The molecule has 1 heterocycles. The van der Waals surface area contributed by atoms with Gasteiger partial charge in [-0.3, -0.25) is 9.48 Å². The Morgan fingerprint density at radius 1 is 1.55 bits per heavy atom. The van der Waals surface area contributed by atoms with E-state index in [9.17, 15) is 4.79 Å². The number of nitrogens with zero attached hydrogens (tertiary/aromatic N) is 2. The topological polar surface area (TPSA) is 44.1 Å². The summed E-state index contributed by atoms with van der Waals surface area (Å²) in [7, 11) is 1.84. The van der Waals surface area contributed by atoms with Crippen molar-refractivity contribution in [2.45, 2.75) is 39.5 Å². The molecule has 1 aromatic heterocycles. The van der Waals surface area contributed by atoms with E-state index in [2.05, 4.69) is 41.0 Å². The lowest BCUT2D eigenvalue weighted by Crippen LogP contribution is -2.48. The molecule has 0 aliphatic heterocycles. The van der Waals surface area contributed by atoms with E-state index in [0.717, 1.165) is 22.5 Å². The van der Waals surface area contributed by atoms with Gasteiger partial charge in [0.1, 0.15) is 0 Å². The summed E-state index contributed by atoms with van der Waals surface area (Å²) in [5.41, 5.74) is 2.65. The van der Waals surface area contributed by atoms with E-state index < -0.39 is 0 Å². The molecule has 120 valence electrons. The molecule has 4 nitrogen and oxygen atoms in total. The zero-order valence-electron chi connectivity index (χ0n) is 13.4. The highest BCUT2D eigenvalue weighted by molar-refractivity contribution is 9.10. The second kappa shape index (κ2) is 5.84. The third-order valence-corrected chi connectivity index (χ3v) is 6.06. The molecule has 4 rings (SSSR count). The molecular weight excluding hydrogens is 344 g/mol. The second-order valence-electron chi connectivity index (χ2n) is 7.07. The number of ether oxygens (including phenoxy) is 1. The Morgan fingerprint density at radius 2 is 2.32 bits per heavy atom. The summed E-state index contributed by atoms with van der Waals surface area (Å²) in [5, 5.41) is 4.24. The molecule has 1 aromatic rings. The molecule has 0 spiro atoms. The molecule has 5 heteroatoms. The number of rotatable bonds is 5. The summed E-state index contributed by atoms with van der Waals surface area (Å²) < 4.78 is 7.94. The minimum absolute atomic E-state index is 0.207. The first-order valence-corrected chi connectivity index (χ1v) is 8.69. The van der Waals surface area contributed by atoms with Crippen molar-refractivity contribution >= 4 is 21.9 Å². The monoisotopic (exact) mass is 366 g/mol. The maximum Gasteiger partial charge on any atom is 0.311 e. The average Bonchev–Trinajstić information content (AvgIpc) is 2.76. The number of halogens is 1. The van der Waals surface area contributed by atoms with Crippen LogP contribution in [0.3, 0.4) is 0 Å². The van der Waals surface area contributed by atoms with Crippen molar-refractivity contribution in [2.24, 2.45) is 24.3 Å². The molecule has 22 heavy (non-hydrogen) atoms. The van der Waals surface area contributed by atoms with Gasteiger partial charge in [0.05, 0.1) is 23.2 Å². The van der Waals surface area contributed by atoms with Crippen molar-refractivity contribution < 1.29 is 9.53 Å². The van der Waals surface area contributed by atoms with Crippen LogP contribution in [-0.4, -0.2) is 22.4 Å². The first-order valence-electron chi connectivity index (χ1n) is 7.90. The molecule has 0 amide bonds. The highest BCUT2D eigenvalue weighted by Crippen LogP contribution is 2.59. The van der Waals surface area contributed by atoms with Crippen molar-refractivity contribution in [3.8, 4) is 0 Å². The smallest absolute Gasteiger partial charge is 0.311 e. The molecular formula is C17H23BrN2O2. The lowest BCUT2D eigenvalue weighted by atomic mass is 9.48. The van der Waals surface area contributed by atoms with Gasteiger partial charge in [0.25, 0.3) is 0 Å². The molecule has 3 aliphatic rings. The van der Waals surface area contributed by atoms with Gasteiger partial charge in [-0.1, -0.05) is 25.5 Å². The van der Waals surface area contributed by atoms with E-state index in [4.69, 9.17) is 4.74 Å². The van der Waals surface area contributed by atoms with Gasteiger partial charge in [0.15, 0.2) is 0 Å². The lowest BCUT2D eigenvalue weighted by Gasteiger charge is -2.56. The number of aryl methyl sites for hydroxylation is 1. The van der Waals surface area contributed by atoms with E-state index >= 15 is 0 Å². The van der Waals surface area contributed by atoms with Crippen LogP contribution in [0.2, 0.25) is 0 Å². The second-order valence-corrected chi connectivity index (χ2v) is 7.92.